The summed E-state index contributed by atoms with van der Waals surface area (Å²) in [7, 11) is 2.01. The van der Waals surface area contributed by atoms with Crippen molar-refractivity contribution in [3.8, 4) is 0 Å². The third-order valence-electron chi connectivity index (χ3n) is 6.25. The molecule has 0 atom stereocenters. The van der Waals surface area contributed by atoms with E-state index in [9.17, 15) is 0 Å². The van der Waals surface area contributed by atoms with E-state index in [-0.39, 0.29) is 5.54 Å². The molecule has 1 N–H and O–H groups in total. The maximum Gasteiger partial charge on any atom is 0.153 e. The molecule has 1 heterocycles. The van der Waals surface area contributed by atoms with Gasteiger partial charge in [-0.05, 0) is 77.2 Å². The molecule has 4 fully saturated rings. The van der Waals surface area contributed by atoms with Gasteiger partial charge in [-0.2, -0.15) is 0 Å². The second-order valence-electron chi connectivity index (χ2n) is 8.04. The van der Waals surface area contributed by atoms with Crippen LogP contribution in [0.3, 0.4) is 0 Å². The van der Waals surface area contributed by atoms with E-state index in [0.29, 0.717) is 5.54 Å². The Kier molecular flexibility index (Phi) is 2.60. The van der Waals surface area contributed by atoms with Gasteiger partial charge in [0.1, 0.15) is 6.33 Å². The molecule has 4 heteroatoms. The molecule has 4 nitrogen and oxygen atoms in total. The molecular weight excluding hydrogens is 248 g/mol. The Hall–Kier alpha value is -0.900. The van der Waals surface area contributed by atoms with E-state index in [4.69, 9.17) is 0 Å². The molecule has 4 saturated carbocycles. The minimum absolute atomic E-state index is 0.111. The second kappa shape index (κ2) is 4.06. The highest BCUT2D eigenvalue weighted by Crippen LogP contribution is 2.59. The summed E-state index contributed by atoms with van der Waals surface area (Å²) >= 11 is 0. The van der Waals surface area contributed by atoms with Crippen LogP contribution in [0.15, 0.2) is 6.33 Å². The quantitative estimate of drug-likeness (QED) is 0.921. The molecule has 5 rings (SSSR count). The highest BCUT2D eigenvalue weighted by Gasteiger charge is 2.53. The fourth-order valence-corrected chi connectivity index (χ4v) is 5.48. The molecule has 1 aromatic heterocycles. The van der Waals surface area contributed by atoms with E-state index in [1.54, 1.807) is 0 Å². The van der Waals surface area contributed by atoms with Crippen molar-refractivity contribution in [3.05, 3.63) is 12.2 Å². The highest BCUT2D eigenvalue weighted by atomic mass is 15.3. The van der Waals surface area contributed by atoms with E-state index in [2.05, 4.69) is 33.9 Å². The summed E-state index contributed by atoms with van der Waals surface area (Å²) in [5, 5.41) is 12.1. The molecular formula is C16H26N4. The number of hydrogen-bond donors (Lipinski definition) is 1. The van der Waals surface area contributed by atoms with E-state index >= 15 is 0 Å². The fraction of sp³-hybridized carbons (Fsp3) is 0.875. The number of rotatable bonds is 3. The first-order chi connectivity index (χ1) is 9.52. The molecule has 4 aliphatic rings. The second-order valence-corrected chi connectivity index (χ2v) is 8.04. The van der Waals surface area contributed by atoms with Gasteiger partial charge in [0.05, 0.1) is 5.54 Å². The van der Waals surface area contributed by atoms with Crippen molar-refractivity contribution in [2.24, 2.45) is 17.8 Å². The van der Waals surface area contributed by atoms with Crippen LogP contribution in [0.4, 0.5) is 0 Å². The van der Waals surface area contributed by atoms with Crippen molar-refractivity contribution in [2.45, 2.75) is 63.5 Å². The number of nitrogens with zero attached hydrogens (tertiary/aromatic N) is 3. The van der Waals surface area contributed by atoms with Crippen LogP contribution in [0, 0.1) is 17.8 Å². The largest absolute Gasteiger partial charge is 0.310 e. The lowest BCUT2D eigenvalue weighted by Gasteiger charge is -2.57. The van der Waals surface area contributed by atoms with Crippen molar-refractivity contribution in [3.63, 3.8) is 0 Å². The lowest BCUT2D eigenvalue weighted by Crippen LogP contribution is -2.53. The van der Waals surface area contributed by atoms with Crippen LogP contribution in [0.1, 0.15) is 58.2 Å². The smallest absolute Gasteiger partial charge is 0.153 e. The lowest BCUT2D eigenvalue weighted by atomic mass is 9.53. The van der Waals surface area contributed by atoms with E-state index in [0.717, 1.165) is 23.6 Å². The van der Waals surface area contributed by atoms with Crippen molar-refractivity contribution in [1.82, 2.24) is 20.1 Å². The van der Waals surface area contributed by atoms with Crippen molar-refractivity contribution < 1.29 is 0 Å². The Morgan fingerprint density at radius 3 is 2.20 bits per heavy atom. The number of hydrogen-bond acceptors (Lipinski definition) is 3. The van der Waals surface area contributed by atoms with Crippen LogP contribution >= 0.6 is 0 Å². The van der Waals surface area contributed by atoms with Crippen molar-refractivity contribution in [2.75, 3.05) is 7.05 Å². The highest BCUT2D eigenvalue weighted by molar-refractivity contribution is 5.12. The fourth-order valence-electron chi connectivity index (χ4n) is 5.48. The van der Waals surface area contributed by atoms with Crippen LogP contribution < -0.4 is 5.32 Å². The molecule has 20 heavy (non-hydrogen) atoms. The standard InChI is InChI=1S/C16H26N4/c1-15(2,17-3)14-19-18-10-20(14)16-7-11-4-12(8-16)6-13(5-11)9-16/h10-13,17H,4-9H2,1-3H3. The molecule has 0 aliphatic heterocycles. The van der Waals surface area contributed by atoms with Crippen LogP contribution in [0.5, 0.6) is 0 Å². The van der Waals surface area contributed by atoms with Crippen LogP contribution in [0.2, 0.25) is 0 Å². The van der Waals surface area contributed by atoms with E-state index < -0.39 is 0 Å². The molecule has 0 aromatic carbocycles. The van der Waals surface area contributed by atoms with Gasteiger partial charge in [-0.3, -0.25) is 0 Å². The van der Waals surface area contributed by atoms with Gasteiger partial charge in [0.2, 0.25) is 0 Å². The zero-order valence-electron chi connectivity index (χ0n) is 12.9. The first-order valence-electron chi connectivity index (χ1n) is 8.12. The third kappa shape index (κ3) is 1.70. The van der Waals surface area contributed by atoms with Gasteiger partial charge < -0.3 is 9.88 Å². The van der Waals surface area contributed by atoms with Gasteiger partial charge in [0, 0.05) is 5.54 Å². The molecule has 110 valence electrons. The van der Waals surface area contributed by atoms with Crippen LogP contribution in [-0.2, 0) is 11.1 Å². The van der Waals surface area contributed by atoms with Gasteiger partial charge in [0.25, 0.3) is 0 Å². The normalized spacial score (nSPS) is 39.5. The molecule has 0 amide bonds. The SMILES string of the molecule is CNC(C)(C)c1nncn1C12CC3CC(CC(C3)C1)C2. The number of nitrogens with one attached hydrogen (secondary N) is 1. The predicted octanol–water partition coefficient (Wildman–Crippen LogP) is 2.66. The Morgan fingerprint density at radius 2 is 1.70 bits per heavy atom. The van der Waals surface area contributed by atoms with Crippen molar-refractivity contribution in [1.29, 1.82) is 0 Å². The van der Waals surface area contributed by atoms with Gasteiger partial charge in [-0.15, -0.1) is 10.2 Å². The molecule has 0 radical (unpaired) electrons. The Morgan fingerprint density at radius 1 is 1.15 bits per heavy atom. The third-order valence-corrected chi connectivity index (χ3v) is 6.25. The van der Waals surface area contributed by atoms with Crippen LogP contribution in [-0.4, -0.2) is 21.8 Å². The van der Waals surface area contributed by atoms with Crippen LogP contribution in [0.25, 0.3) is 0 Å². The summed E-state index contributed by atoms with van der Waals surface area (Å²) in [4.78, 5) is 0. The van der Waals surface area contributed by atoms with Gasteiger partial charge in [-0.1, -0.05) is 0 Å². The summed E-state index contributed by atoms with van der Waals surface area (Å²) in [5.41, 5.74) is 0.210. The first-order valence-corrected chi connectivity index (χ1v) is 8.12. The number of aromatic nitrogens is 3. The molecule has 0 unspecified atom stereocenters. The first kappa shape index (κ1) is 12.8. The van der Waals surface area contributed by atoms with E-state index in [1.165, 1.54) is 38.5 Å². The van der Waals surface area contributed by atoms with Gasteiger partial charge >= 0.3 is 0 Å². The maximum atomic E-state index is 4.47. The summed E-state index contributed by atoms with van der Waals surface area (Å²) in [6.45, 7) is 4.40. The molecule has 0 saturated heterocycles. The summed E-state index contributed by atoms with van der Waals surface area (Å²) in [5.74, 6) is 3.97. The summed E-state index contributed by atoms with van der Waals surface area (Å²) in [6, 6.07) is 0. The predicted molar refractivity (Wildman–Crippen MR) is 78.3 cm³/mol. The Labute approximate surface area is 121 Å². The monoisotopic (exact) mass is 274 g/mol. The lowest BCUT2D eigenvalue weighted by molar-refractivity contribution is -0.0460. The minimum atomic E-state index is -0.111. The Balaban J connectivity index is 1.76. The van der Waals surface area contributed by atoms with E-state index in [1.807, 2.05) is 13.4 Å². The zero-order valence-corrected chi connectivity index (χ0v) is 12.9. The average molecular weight is 274 g/mol. The molecule has 0 spiro atoms. The Bertz CT molecular complexity index is 481. The maximum absolute atomic E-state index is 4.47. The molecule has 4 aliphatic carbocycles. The summed E-state index contributed by atoms with van der Waals surface area (Å²) in [6.07, 6.45) is 10.5. The van der Waals surface area contributed by atoms with Crippen molar-refractivity contribution >= 4 is 0 Å². The average Bonchev–Trinajstić information content (AvgIpc) is 2.87. The zero-order chi connectivity index (χ0) is 14.0. The van der Waals surface area contributed by atoms with Gasteiger partial charge in [-0.25, -0.2) is 0 Å². The topological polar surface area (TPSA) is 42.7 Å². The molecule has 4 bridgehead atoms. The molecule has 1 aromatic rings. The summed E-state index contributed by atoms with van der Waals surface area (Å²) < 4.78 is 2.45. The van der Waals surface area contributed by atoms with Gasteiger partial charge in [0.15, 0.2) is 5.82 Å². The minimum Gasteiger partial charge on any atom is -0.310 e.